The third kappa shape index (κ3) is 46.5. The lowest BCUT2D eigenvalue weighted by Gasteiger charge is -2.40. The molecule has 0 aromatic carbocycles. The van der Waals surface area contributed by atoms with Crippen LogP contribution in [0.4, 0.5) is 0 Å². The zero-order chi connectivity index (χ0) is 58.9. The number of rotatable bonds is 57. The van der Waals surface area contributed by atoms with Crippen molar-refractivity contribution in [3.8, 4) is 0 Å². The van der Waals surface area contributed by atoms with Crippen molar-refractivity contribution >= 4 is 23.9 Å². The zero-order valence-corrected chi connectivity index (χ0v) is 51.8. The Bertz CT molecular complexity index is 1640. The SMILES string of the molecule is CCCCC/C=C\C/C=C\C/C=C\CCCCCCCCC(=O)OCC(COC1OC(C(=O)O)C(O)C(O)C1OC(=O)CCCCCCC/C=C\C/C=C\CCCCC)OC(=O)CCCCCCCCCCCCCCCCCCC. The number of carbonyl (C=O) groups is 4. The molecule has 6 unspecified atom stereocenters. The van der Waals surface area contributed by atoms with Gasteiger partial charge in [0.05, 0.1) is 6.61 Å². The van der Waals surface area contributed by atoms with E-state index in [9.17, 15) is 34.5 Å². The summed E-state index contributed by atoms with van der Waals surface area (Å²) in [7, 11) is 0. The first-order valence-corrected chi connectivity index (χ1v) is 33.3. The summed E-state index contributed by atoms with van der Waals surface area (Å²) in [5.74, 6) is -3.13. The molecule has 1 fully saturated rings. The number of carbonyl (C=O) groups excluding carboxylic acids is 3. The fraction of sp³-hybridized carbons (Fsp3) is 0.797. The number of hydrogen-bond acceptors (Lipinski definition) is 11. The van der Waals surface area contributed by atoms with E-state index in [0.29, 0.717) is 19.3 Å². The van der Waals surface area contributed by atoms with Crippen molar-refractivity contribution in [2.45, 2.75) is 340 Å². The summed E-state index contributed by atoms with van der Waals surface area (Å²) in [4.78, 5) is 51.4. The van der Waals surface area contributed by atoms with Gasteiger partial charge in [-0.05, 0) is 89.9 Å². The lowest BCUT2D eigenvalue weighted by molar-refractivity contribution is -0.301. The quantitative estimate of drug-likeness (QED) is 0.0228. The first-order chi connectivity index (χ1) is 39.6. The second-order valence-electron chi connectivity index (χ2n) is 22.8. The van der Waals surface area contributed by atoms with Crippen LogP contribution in [0.5, 0.6) is 0 Å². The highest BCUT2D eigenvalue weighted by molar-refractivity contribution is 5.74. The Labute approximate surface area is 494 Å². The molecule has 81 heavy (non-hydrogen) atoms. The minimum absolute atomic E-state index is 0.0440. The van der Waals surface area contributed by atoms with E-state index in [2.05, 4.69) is 81.5 Å². The van der Waals surface area contributed by atoms with Gasteiger partial charge in [-0.1, -0.05) is 255 Å². The van der Waals surface area contributed by atoms with E-state index >= 15 is 0 Å². The number of esters is 3. The van der Waals surface area contributed by atoms with Crippen LogP contribution in [-0.2, 0) is 42.9 Å². The van der Waals surface area contributed by atoms with Crippen molar-refractivity contribution in [3.63, 3.8) is 0 Å². The van der Waals surface area contributed by atoms with Crippen LogP contribution in [0.1, 0.15) is 303 Å². The summed E-state index contributed by atoms with van der Waals surface area (Å²) in [6.45, 7) is 5.97. The Morgan fingerprint density at radius 2 is 0.741 bits per heavy atom. The van der Waals surface area contributed by atoms with Gasteiger partial charge in [0, 0.05) is 19.3 Å². The van der Waals surface area contributed by atoms with Crippen LogP contribution in [-0.4, -0.2) is 89.2 Å². The summed E-state index contributed by atoms with van der Waals surface area (Å²) in [6.07, 6.45) is 58.8. The normalized spacial score (nSPS) is 18.1. The molecule has 0 aromatic heterocycles. The largest absolute Gasteiger partial charge is 0.479 e. The summed E-state index contributed by atoms with van der Waals surface area (Å²) < 4.78 is 28.5. The van der Waals surface area contributed by atoms with Crippen LogP contribution in [0.15, 0.2) is 60.8 Å². The van der Waals surface area contributed by atoms with Crippen LogP contribution in [0.3, 0.4) is 0 Å². The molecule has 1 heterocycles. The highest BCUT2D eigenvalue weighted by atomic mass is 16.7. The number of aliphatic carboxylic acids is 1. The lowest BCUT2D eigenvalue weighted by Crippen LogP contribution is -2.61. The molecule has 1 saturated heterocycles. The number of aliphatic hydroxyl groups is 2. The molecule has 0 radical (unpaired) electrons. The summed E-state index contributed by atoms with van der Waals surface area (Å²) in [6, 6.07) is 0. The lowest BCUT2D eigenvalue weighted by atomic mass is 9.98. The van der Waals surface area contributed by atoms with Gasteiger partial charge in [0.15, 0.2) is 24.6 Å². The molecule has 0 bridgehead atoms. The smallest absolute Gasteiger partial charge is 0.335 e. The van der Waals surface area contributed by atoms with Crippen molar-refractivity contribution < 1.29 is 58.2 Å². The number of unbranched alkanes of at least 4 members (excludes halogenated alkanes) is 33. The molecule has 12 heteroatoms. The molecule has 0 aromatic rings. The molecular formula is C69H120O12. The number of allylic oxidation sites excluding steroid dienone is 10. The fourth-order valence-electron chi connectivity index (χ4n) is 9.94. The molecule has 0 amide bonds. The third-order valence-electron chi connectivity index (χ3n) is 15.1. The number of carboxylic acid groups (broad SMARTS) is 1. The molecule has 6 atom stereocenters. The van der Waals surface area contributed by atoms with Crippen molar-refractivity contribution in [1.82, 2.24) is 0 Å². The van der Waals surface area contributed by atoms with Crippen LogP contribution in [0, 0.1) is 0 Å². The predicted molar refractivity (Wildman–Crippen MR) is 331 cm³/mol. The Hall–Kier alpha value is -3.58. The fourth-order valence-corrected chi connectivity index (χ4v) is 9.94. The van der Waals surface area contributed by atoms with E-state index < -0.39 is 67.3 Å². The van der Waals surface area contributed by atoms with Gasteiger partial charge in [0.2, 0.25) is 0 Å². The van der Waals surface area contributed by atoms with Gasteiger partial charge >= 0.3 is 23.9 Å². The van der Waals surface area contributed by atoms with Crippen molar-refractivity contribution in [1.29, 1.82) is 0 Å². The topological polar surface area (TPSA) is 175 Å². The van der Waals surface area contributed by atoms with Gasteiger partial charge in [-0.2, -0.15) is 0 Å². The highest BCUT2D eigenvalue weighted by Gasteiger charge is 2.50. The molecular weight excluding hydrogens is 1020 g/mol. The van der Waals surface area contributed by atoms with Gasteiger partial charge < -0.3 is 39.0 Å². The minimum atomic E-state index is -1.91. The van der Waals surface area contributed by atoms with E-state index in [4.69, 9.17) is 23.7 Å². The monoisotopic (exact) mass is 1140 g/mol. The number of hydrogen-bond donors (Lipinski definition) is 3. The average Bonchev–Trinajstić information content (AvgIpc) is 3.53. The maximum absolute atomic E-state index is 13.2. The van der Waals surface area contributed by atoms with Gasteiger partial charge in [-0.3, -0.25) is 14.4 Å². The molecule has 12 nitrogen and oxygen atoms in total. The first kappa shape index (κ1) is 75.4. The Morgan fingerprint density at radius 3 is 1.15 bits per heavy atom. The molecule has 3 N–H and O–H groups in total. The average molecular weight is 1140 g/mol. The van der Waals surface area contributed by atoms with E-state index in [1.165, 1.54) is 128 Å². The Kier molecular flexibility index (Phi) is 53.0. The van der Waals surface area contributed by atoms with Crippen LogP contribution >= 0.6 is 0 Å². The highest BCUT2D eigenvalue weighted by Crippen LogP contribution is 2.27. The molecule has 1 aliphatic heterocycles. The molecule has 1 aliphatic rings. The van der Waals surface area contributed by atoms with Crippen molar-refractivity contribution in [2.24, 2.45) is 0 Å². The first-order valence-electron chi connectivity index (χ1n) is 33.3. The third-order valence-corrected chi connectivity index (χ3v) is 15.1. The Morgan fingerprint density at radius 1 is 0.407 bits per heavy atom. The number of carboxylic acids is 1. The Balaban J connectivity index is 2.66. The van der Waals surface area contributed by atoms with Crippen molar-refractivity contribution in [3.05, 3.63) is 60.8 Å². The second-order valence-corrected chi connectivity index (χ2v) is 22.8. The van der Waals surface area contributed by atoms with Crippen LogP contribution in [0.2, 0.25) is 0 Å². The maximum Gasteiger partial charge on any atom is 0.335 e. The van der Waals surface area contributed by atoms with Gasteiger partial charge in [-0.25, -0.2) is 4.79 Å². The van der Waals surface area contributed by atoms with Crippen molar-refractivity contribution in [2.75, 3.05) is 13.2 Å². The molecule has 1 rings (SSSR count). The molecule has 0 spiro atoms. The summed E-state index contributed by atoms with van der Waals surface area (Å²) in [5, 5.41) is 31.6. The van der Waals surface area contributed by atoms with E-state index in [0.717, 1.165) is 116 Å². The van der Waals surface area contributed by atoms with Gasteiger partial charge in [0.1, 0.15) is 18.8 Å². The van der Waals surface area contributed by atoms with E-state index in [-0.39, 0.29) is 25.9 Å². The predicted octanol–water partition coefficient (Wildman–Crippen LogP) is 17.9. The van der Waals surface area contributed by atoms with Crippen LogP contribution < -0.4 is 0 Å². The second kappa shape index (κ2) is 56.9. The minimum Gasteiger partial charge on any atom is -0.479 e. The standard InChI is InChI=1S/C69H120O12/c1-4-7-10-13-16-19-22-25-28-30-31-33-35-37-40-43-46-49-52-55-61(70)77-58-60(79-62(71)56-53-50-47-44-41-39-36-32-29-26-23-20-17-14-11-8-5-2)59-78-69-67(65(74)64(73)66(81-69)68(75)76)80-63(72)57-54-51-48-45-42-38-34-27-24-21-18-15-12-9-6-3/h16,18-19,21,25,27-28,31,33-34,60,64-67,69,73-74H,4-15,17,20,22-24,26,29-30,32,35-59H2,1-3H3,(H,75,76)/b19-16-,21-18-,28-25-,33-31-,34-27-. The van der Waals surface area contributed by atoms with Gasteiger partial charge in [0.25, 0.3) is 0 Å². The van der Waals surface area contributed by atoms with Gasteiger partial charge in [-0.15, -0.1) is 0 Å². The molecule has 468 valence electrons. The number of aliphatic hydroxyl groups excluding tert-OH is 2. The maximum atomic E-state index is 13.2. The van der Waals surface area contributed by atoms with E-state index in [1.54, 1.807) is 0 Å². The summed E-state index contributed by atoms with van der Waals surface area (Å²) in [5.41, 5.74) is 0. The number of ether oxygens (including phenoxy) is 5. The van der Waals surface area contributed by atoms with E-state index in [1.807, 2.05) is 0 Å². The molecule has 0 saturated carbocycles. The summed E-state index contributed by atoms with van der Waals surface area (Å²) >= 11 is 0. The van der Waals surface area contributed by atoms with Crippen LogP contribution in [0.25, 0.3) is 0 Å². The zero-order valence-electron chi connectivity index (χ0n) is 51.8. The molecule has 0 aliphatic carbocycles.